The molecule has 4 heteroatoms. The topological polar surface area (TPSA) is 28.3 Å². The van der Waals surface area contributed by atoms with E-state index in [1.807, 2.05) is 30.3 Å². The van der Waals surface area contributed by atoms with E-state index in [1.165, 1.54) is 10.9 Å². The zero-order valence-electron chi connectivity index (χ0n) is 12.8. The summed E-state index contributed by atoms with van der Waals surface area (Å²) in [5.74, 6) is 1.70. The number of fused-ring (bicyclic) bond motifs is 1. The van der Waals surface area contributed by atoms with Gasteiger partial charge < -0.3 is 14.6 Å². The Kier molecular flexibility index (Phi) is 4.50. The molecule has 1 aromatic heterocycles. The number of rotatable bonds is 5. The molecule has 0 amide bonds. The Morgan fingerprint density at radius 1 is 1.05 bits per heavy atom. The van der Waals surface area contributed by atoms with Gasteiger partial charge in [-0.3, -0.25) is 0 Å². The van der Waals surface area contributed by atoms with E-state index in [2.05, 4.69) is 58.2 Å². The van der Waals surface area contributed by atoms with Crippen molar-refractivity contribution in [3.8, 4) is 11.5 Å². The van der Waals surface area contributed by atoms with Gasteiger partial charge in [-0.05, 0) is 68.5 Å². The predicted molar refractivity (Wildman–Crippen MR) is 94.8 cm³/mol. The number of ether oxygens (including phenoxy) is 1. The van der Waals surface area contributed by atoms with Crippen molar-refractivity contribution >= 4 is 26.8 Å². The fraction of sp³-hybridized carbons (Fsp3) is 0.222. The van der Waals surface area contributed by atoms with Crippen molar-refractivity contribution in [3.05, 3.63) is 58.7 Å². The Morgan fingerprint density at radius 2 is 1.77 bits per heavy atom. The number of nitrogens with zero attached hydrogens (tertiary/aromatic N) is 1. The van der Waals surface area contributed by atoms with Crippen LogP contribution in [-0.2, 0) is 6.42 Å². The van der Waals surface area contributed by atoms with Gasteiger partial charge in [0.05, 0.1) is 0 Å². The van der Waals surface area contributed by atoms with Crippen LogP contribution in [0, 0.1) is 0 Å². The van der Waals surface area contributed by atoms with Crippen molar-refractivity contribution in [3.63, 3.8) is 0 Å². The Labute approximate surface area is 139 Å². The molecular weight excluding hydrogens is 340 g/mol. The normalized spacial score (nSPS) is 11.3. The number of likely N-dealkylation sites (N-methyl/N-ethyl adjacent to an activating group) is 1. The molecule has 0 saturated carbocycles. The maximum absolute atomic E-state index is 5.95. The third kappa shape index (κ3) is 3.51. The van der Waals surface area contributed by atoms with Crippen LogP contribution in [0.25, 0.3) is 10.9 Å². The molecule has 0 aliphatic rings. The average molecular weight is 359 g/mol. The maximum Gasteiger partial charge on any atom is 0.128 e. The number of benzene rings is 2. The number of H-pyrrole nitrogens is 1. The highest BCUT2D eigenvalue weighted by Crippen LogP contribution is 2.28. The fourth-order valence-electron chi connectivity index (χ4n) is 2.41. The minimum Gasteiger partial charge on any atom is -0.457 e. The molecule has 0 fully saturated rings. The highest BCUT2D eigenvalue weighted by Gasteiger charge is 2.06. The number of hydrogen-bond acceptors (Lipinski definition) is 2. The summed E-state index contributed by atoms with van der Waals surface area (Å²) in [6.45, 7) is 1.03. The van der Waals surface area contributed by atoms with E-state index in [9.17, 15) is 0 Å². The minimum absolute atomic E-state index is 0.841. The molecule has 1 heterocycles. The molecular formula is C18H19BrN2O. The maximum atomic E-state index is 5.95. The fourth-order valence-corrected chi connectivity index (χ4v) is 2.67. The Balaban J connectivity index is 1.84. The van der Waals surface area contributed by atoms with Crippen LogP contribution in [0.4, 0.5) is 0 Å². The average Bonchev–Trinajstić information content (AvgIpc) is 2.90. The Morgan fingerprint density at radius 3 is 2.50 bits per heavy atom. The Hall–Kier alpha value is -1.78. The summed E-state index contributed by atoms with van der Waals surface area (Å²) in [6, 6.07) is 14.0. The molecule has 114 valence electrons. The molecule has 22 heavy (non-hydrogen) atoms. The first-order valence-electron chi connectivity index (χ1n) is 7.30. The molecule has 3 rings (SSSR count). The minimum atomic E-state index is 0.841. The molecule has 0 atom stereocenters. The molecule has 0 saturated heterocycles. The molecule has 0 spiro atoms. The third-order valence-electron chi connectivity index (χ3n) is 3.62. The van der Waals surface area contributed by atoms with Gasteiger partial charge in [-0.15, -0.1) is 0 Å². The van der Waals surface area contributed by atoms with Gasteiger partial charge in [0.15, 0.2) is 0 Å². The molecule has 0 radical (unpaired) electrons. The van der Waals surface area contributed by atoms with Crippen molar-refractivity contribution < 1.29 is 4.74 Å². The largest absolute Gasteiger partial charge is 0.457 e. The van der Waals surface area contributed by atoms with Crippen LogP contribution >= 0.6 is 15.9 Å². The van der Waals surface area contributed by atoms with Gasteiger partial charge in [-0.25, -0.2) is 0 Å². The Bertz CT molecular complexity index is 762. The monoisotopic (exact) mass is 358 g/mol. The van der Waals surface area contributed by atoms with E-state index >= 15 is 0 Å². The quantitative estimate of drug-likeness (QED) is 0.707. The van der Waals surface area contributed by atoms with E-state index in [0.29, 0.717) is 0 Å². The molecule has 0 aliphatic heterocycles. The van der Waals surface area contributed by atoms with Crippen molar-refractivity contribution in [2.45, 2.75) is 6.42 Å². The van der Waals surface area contributed by atoms with E-state index in [0.717, 1.165) is 34.5 Å². The van der Waals surface area contributed by atoms with E-state index < -0.39 is 0 Å². The molecule has 3 aromatic rings. The SMILES string of the molecule is CN(C)CCc1c[nH]c2ccc(Oc3ccc(Br)cc3)cc12. The lowest BCUT2D eigenvalue weighted by Gasteiger charge is -2.09. The van der Waals surface area contributed by atoms with Crippen LogP contribution in [0.2, 0.25) is 0 Å². The number of nitrogens with one attached hydrogen (secondary N) is 1. The molecule has 0 unspecified atom stereocenters. The zero-order valence-corrected chi connectivity index (χ0v) is 14.4. The summed E-state index contributed by atoms with van der Waals surface area (Å²) in [5, 5.41) is 1.23. The first-order valence-corrected chi connectivity index (χ1v) is 8.09. The van der Waals surface area contributed by atoms with Gasteiger partial charge in [0.2, 0.25) is 0 Å². The summed E-state index contributed by atoms with van der Waals surface area (Å²) in [5.41, 5.74) is 2.47. The van der Waals surface area contributed by atoms with E-state index in [-0.39, 0.29) is 0 Å². The molecule has 3 nitrogen and oxygen atoms in total. The zero-order chi connectivity index (χ0) is 15.5. The van der Waals surface area contributed by atoms with Crippen LogP contribution < -0.4 is 4.74 Å². The van der Waals surface area contributed by atoms with Gasteiger partial charge in [-0.1, -0.05) is 15.9 Å². The summed E-state index contributed by atoms with van der Waals surface area (Å²) >= 11 is 3.43. The summed E-state index contributed by atoms with van der Waals surface area (Å²) in [4.78, 5) is 5.53. The second-order valence-corrected chi connectivity index (χ2v) is 6.55. The van der Waals surface area contributed by atoms with Crippen molar-refractivity contribution in [2.24, 2.45) is 0 Å². The molecule has 1 N–H and O–H groups in total. The smallest absolute Gasteiger partial charge is 0.128 e. The van der Waals surface area contributed by atoms with E-state index in [4.69, 9.17) is 4.74 Å². The second kappa shape index (κ2) is 6.55. The van der Waals surface area contributed by atoms with Crippen LogP contribution in [-0.4, -0.2) is 30.5 Å². The summed E-state index contributed by atoms with van der Waals surface area (Å²) in [6.07, 6.45) is 3.12. The molecule has 2 aromatic carbocycles. The third-order valence-corrected chi connectivity index (χ3v) is 4.15. The van der Waals surface area contributed by atoms with Crippen LogP contribution in [0.1, 0.15) is 5.56 Å². The molecule has 0 aliphatic carbocycles. The second-order valence-electron chi connectivity index (χ2n) is 5.63. The van der Waals surface area contributed by atoms with Crippen molar-refractivity contribution in [1.82, 2.24) is 9.88 Å². The van der Waals surface area contributed by atoms with Crippen LogP contribution in [0.15, 0.2) is 53.1 Å². The van der Waals surface area contributed by atoms with E-state index in [1.54, 1.807) is 0 Å². The van der Waals surface area contributed by atoms with Gasteiger partial charge in [0.1, 0.15) is 11.5 Å². The highest BCUT2D eigenvalue weighted by atomic mass is 79.9. The number of aromatic nitrogens is 1. The van der Waals surface area contributed by atoms with Crippen molar-refractivity contribution in [1.29, 1.82) is 0 Å². The van der Waals surface area contributed by atoms with Gasteiger partial charge in [-0.2, -0.15) is 0 Å². The number of aromatic amines is 1. The van der Waals surface area contributed by atoms with Gasteiger partial charge in [0, 0.05) is 28.1 Å². The van der Waals surface area contributed by atoms with Gasteiger partial charge >= 0.3 is 0 Å². The standard InChI is InChI=1S/C18H19BrN2O/c1-21(2)10-9-13-12-20-18-8-7-16(11-17(13)18)22-15-5-3-14(19)4-6-15/h3-8,11-12,20H,9-10H2,1-2H3. The lowest BCUT2D eigenvalue weighted by atomic mass is 10.1. The number of hydrogen-bond donors (Lipinski definition) is 1. The highest BCUT2D eigenvalue weighted by molar-refractivity contribution is 9.10. The lowest BCUT2D eigenvalue weighted by Crippen LogP contribution is -2.14. The van der Waals surface area contributed by atoms with Crippen LogP contribution in [0.3, 0.4) is 0 Å². The van der Waals surface area contributed by atoms with Crippen LogP contribution in [0.5, 0.6) is 11.5 Å². The van der Waals surface area contributed by atoms with Gasteiger partial charge in [0.25, 0.3) is 0 Å². The van der Waals surface area contributed by atoms with Crippen molar-refractivity contribution in [2.75, 3.05) is 20.6 Å². The molecule has 0 bridgehead atoms. The predicted octanol–water partition coefficient (Wildman–Crippen LogP) is 4.83. The summed E-state index contributed by atoms with van der Waals surface area (Å²) < 4.78 is 6.99. The first-order chi connectivity index (χ1) is 10.6. The first kappa shape index (κ1) is 15.1. The number of halogens is 1. The lowest BCUT2D eigenvalue weighted by molar-refractivity contribution is 0.414. The summed E-state index contributed by atoms with van der Waals surface area (Å²) in [7, 11) is 4.19.